The second-order valence-electron chi connectivity index (χ2n) is 4.08. The monoisotopic (exact) mass is 299 g/mol. The summed E-state index contributed by atoms with van der Waals surface area (Å²) in [5.74, 6) is -2.34. The quantitative estimate of drug-likeness (QED) is 0.863. The molecule has 0 atom stereocenters. The van der Waals surface area contributed by atoms with Gasteiger partial charge in [-0.25, -0.2) is 14.6 Å². The topological polar surface area (TPSA) is 76.5 Å². The van der Waals surface area contributed by atoms with Crippen LogP contribution in [0.25, 0.3) is 10.9 Å². The third kappa shape index (κ3) is 2.78. The Morgan fingerprint density at radius 3 is 2.43 bits per heavy atom. The van der Waals surface area contributed by atoms with Crippen LogP contribution in [0.5, 0.6) is 0 Å². The van der Waals surface area contributed by atoms with Crippen molar-refractivity contribution < 1.29 is 32.6 Å². The van der Waals surface area contributed by atoms with Crippen molar-refractivity contribution in [2.75, 3.05) is 7.11 Å². The van der Waals surface area contributed by atoms with Gasteiger partial charge < -0.3 is 9.84 Å². The highest BCUT2D eigenvalue weighted by Gasteiger charge is 2.31. The lowest BCUT2D eigenvalue weighted by Gasteiger charge is -2.10. The highest BCUT2D eigenvalue weighted by molar-refractivity contribution is 6.05. The molecule has 21 heavy (non-hydrogen) atoms. The molecular formula is C13H8F3NO4. The summed E-state index contributed by atoms with van der Waals surface area (Å²) in [5, 5.41) is 8.89. The molecule has 1 aromatic heterocycles. The van der Waals surface area contributed by atoms with Crippen LogP contribution >= 0.6 is 0 Å². The summed E-state index contributed by atoms with van der Waals surface area (Å²) >= 11 is 0. The minimum Gasteiger partial charge on any atom is -0.478 e. The van der Waals surface area contributed by atoms with E-state index in [1.165, 1.54) is 0 Å². The summed E-state index contributed by atoms with van der Waals surface area (Å²) in [6.07, 6.45) is -4.61. The van der Waals surface area contributed by atoms with Gasteiger partial charge in [0, 0.05) is 5.39 Å². The Morgan fingerprint density at radius 2 is 1.90 bits per heavy atom. The van der Waals surface area contributed by atoms with E-state index in [9.17, 15) is 22.8 Å². The number of hydrogen-bond donors (Lipinski definition) is 1. The van der Waals surface area contributed by atoms with Gasteiger partial charge in [0.2, 0.25) is 0 Å². The summed E-state index contributed by atoms with van der Waals surface area (Å²) in [6.45, 7) is 0. The van der Waals surface area contributed by atoms with Crippen LogP contribution in [0, 0.1) is 0 Å². The number of carbonyl (C=O) groups is 2. The Balaban J connectivity index is 2.76. The van der Waals surface area contributed by atoms with Crippen molar-refractivity contribution in [1.29, 1.82) is 0 Å². The number of methoxy groups -OCH3 is 1. The fourth-order valence-corrected chi connectivity index (χ4v) is 1.79. The number of carbonyl (C=O) groups excluding carboxylic acids is 1. The fraction of sp³-hybridized carbons (Fsp3) is 0.154. The molecule has 5 nitrogen and oxygen atoms in total. The average molecular weight is 299 g/mol. The van der Waals surface area contributed by atoms with Crippen molar-refractivity contribution in [2.45, 2.75) is 6.18 Å². The highest BCUT2D eigenvalue weighted by atomic mass is 19.4. The molecule has 0 aliphatic rings. The maximum atomic E-state index is 12.7. The van der Waals surface area contributed by atoms with Gasteiger partial charge in [-0.05, 0) is 24.3 Å². The third-order valence-electron chi connectivity index (χ3n) is 2.76. The summed E-state index contributed by atoms with van der Waals surface area (Å²) in [7, 11) is 1.08. The lowest BCUT2D eigenvalue weighted by molar-refractivity contribution is -0.137. The lowest BCUT2D eigenvalue weighted by Crippen LogP contribution is -2.10. The van der Waals surface area contributed by atoms with Gasteiger partial charge in [0.15, 0.2) is 0 Å². The largest absolute Gasteiger partial charge is 0.478 e. The Kier molecular flexibility index (Phi) is 3.54. The molecule has 0 unspecified atom stereocenters. The Hall–Kier alpha value is -2.64. The van der Waals surface area contributed by atoms with Crippen molar-refractivity contribution in [2.24, 2.45) is 0 Å². The number of hydrogen-bond acceptors (Lipinski definition) is 4. The van der Waals surface area contributed by atoms with Gasteiger partial charge in [-0.15, -0.1) is 0 Å². The number of rotatable bonds is 2. The first kappa shape index (κ1) is 14.8. The number of aromatic nitrogens is 1. The van der Waals surface area contributed by atoms with Crippen molar-refractivity contribution in [3.8, 4) is 0 Å². The van der Waals surface area contributed by atoms with Crippen LogP contribution in [0.2, 0.25) is 0 Å². The molecule has 2 aromatic rings. The van der Waals surface area contributed by atoms with Gasteiger partial charge in [-0.3, -0.25) is 0 Å². The van der Waals surface area contributed by atoms with Gasteiger partial charge in [0.25, 0.3) is 0 Å². The summed E-state index contributed by atoms with van der Waals surface area (Å²) < 4.78 is 42.4. The number of carboxylic acids is 1. The normalized spacial score (nSPS) is 11.4. The van der Waals surface area contributed by atoms with Gasteiger partial charge in [-0.1, -0.05) is 0 Å². The van der Waals surface area contributed by atoms with E-state index in [1.807, 2.05) is 0 Å². The zero-order chi connectivity index (χ0) is 15.8. The zero-order valence-electron chi connectivity index (χ0n) is 10.6. The number of pyridine rings is 1. The zero-order valence-corrected chi connectivity index (χ0v) is 10.6. The molecule has 0 radical (unpaired) electrons. The molecule has 1 aromatic carbocycles. The first-order chi connectivity index (χ1) is 9.74. The van der Waals surface area contributed by atoms with E-state index in [4.69, 9.17) is 5.11 Å². The van der Waals surface area contributed by atoms with Gasteiger partial charge in [0.1, 0.15) is 5.69 Å². The number of fused-ring (bicyclic) bond motifs is 1. The van der Waals surface area contributed by atoms with E-state index in [0.29, 0.717) is 6.07 Å². The number of esters is 1. The molecule has 0 bridgehead atoms. The number of ether oxygens (including phenoxy) is 1. The molecule has 0 aliphatic heterocycles. The average Bonchev–Trinajstić information content (AvgIpc) is 2.43. The standard InChI is InChI=1S/C13H8F3NO4/c1-21-12(20)10-5-8(11(18)19)7-4-6(13(14,15)16)2-3-9(7)17-10/h2-5H,1H3,(H,18,19). The molecule has 1 heterocycles. The van der Waals surface area contributed by atoms with Gasteiger partial charge in [-0.2, -0.15) is 13.2 Å². The summed E-state index contributed by atoms with van der Waals surface area (Å²) in [6, 6.07) is 3.35. The van der Waals surface area contributed by atoms with E-state index in [-0.39, 0.29) is 16.6 Å². The number of nitrogens with zero attached hydrogens (tertiary/aromatic N) is 1. The predicted molar refractivity (Wildman–Crippen MR) is 65.0 cm³/mol. The maximum Gasteiger partial charge on any atom is 0.416 e. The van der Waals surface area contributed by atoms with Gasteiger partial charge >= 0.3 is 18.1 Å². The number of halogens is 3. The number of carboxylic acid groups (broad SMARTS) is 1. The molecule has 8 heteroatoms. The SMILES string of the molecule is COC(=O)c1cc(C(=O)O)c2cc(C(F)(F)F)ccc2n1. The number of aromatic carboxylic acids is 1. The van der Waals surface area contributed by atoms with Crippen LogP contribution in [0.4, 0.5) is 13.2 Å². The molecule has 0 fully saturated rings. The summed E-state index contributed by atoms with van der Waals surface area (Å²) in [5.41, 5.74) is -1.78. The molecule has 0 amide bonds. The molecule has 2 rings (SSSR count). The first-order valence-electron chi connectivity index (χ1n) is 5.57. The molecular weight excluding hydrogens is 291 g/mol. The van der Waals surface area contributed by atoms with Crippen molar-refractivity contribution in [3.63, 3.8) is 0 Å². The highest BCUT2D eigenvalue weighted by Crippen LogP contribution is 2.32. The molecule has 1 N–H and O–H groups in total. The molecule has 0 aliphatic carbocycles. The molecule has 0 spiro atoms. The maximum absolute atomic E-state index is 12.7. The molecule has 0 saturated heterocycles. The first-order valence-corrected chi connectivity index (χ1v) is 5.57. The molecule has 0 saturated carbocycles. The van der Waals surface area contributed by atoms with Gasteiger partial charge in [0.05, 0.1) is 23.8 Å². The van der Waals surface area contributed by atoms with Crippen molar-refractivity contribution in [3.05, 3.63) is 41.1 Å². The van der Waals surface area contributed by atoms with Crippen LogP contribution in [-0.2, 0) is 10.9 Å². The second-order valence-corrected chi connectivity index (χ2v) is 4.08. The second kappa shape index (κ2) is 5.04. The van der Waals surface area contributed by atoms with E-state index in [0.717, 1.165) is 25.3 Å². The van der Waals surface area contributed by atoms with Crippen LogP contribution in [0.15, 0.2) is 24.3 Å². The van der Waals surface area contributed by atoms with Crippen LogP contribution in [0.1, 0.15) is 26.4 Å². The van der Waals surface area contributed by atoms with E-state index in [2.05, 4.69) is 9.72 Å². The predicted octanol–water partition coefficient (Wildman–Crippen LogP) is 2.74. The summed E-state index contributed by atoms with van der Waals surface area (Å²) in [4.78, 5) is 26.4. The van der Waals surface area contributed by atoms with Crippen LogP contribution < -0.4 is 0 Å². The minimum atomic E-state index is -4.61. The van der Waals surface area contributed by atoms with Crippen molar-refractivity contribution in [1.82, 2.24) is 4.98 Å². The van der Waals surface area contributed by atoms with E-state index in [1.54, 1.807) is 0 Å². The number of benzene rings is 1. The third-order valence-corrected chi connectivity index (χ3v) is 2.76. The molecule has 110 valence electrons. The fourth-order valence-electron chi connectivity index (χ4n) is 1.79. The lowest BCUT2D eigenvalue weighted by atomic mass is 10.0. The van der Waals surface area contributed by atoms with Crippen LogP contribution in [-0.4, -0.2) is 29.1 Å². The van der Waals surface area contributed by atoms with Crippen molar-refractivity contribution >= 4 is 22.8 Å². The minimum absolute atomic E-state index is 0.0386. The Bertz CT molecular complexity index is 740. The van der Waals surface area contributed by atoms with E-state index >= 15 is 0 Å². The number of alkyl halides is 3. The van der Waals surface area contributed by atoms with Crippen LogP contribution in [0.3, 0.4) is 0 Å². The Morgan fingerprint density at radius 1 is 1.24 bits per heavy atom. The van der Waals surface area contributed by atoms with E-state index < -0.39 is 29.2 Å². The smallest absolute Gasteiger partial charge is 0.416 e. The Labute approximate surface area is 116 Å².